The van der Waals surface area contributed by atoms with Crippen LogP contribution in [-0.2, 0) is 6.42 Å². The Morgan fingerprint density at radius 2 is 2.33 bits per heavy atom. The van der Waals surface area contributed by atoms with Crippen LogP contribution >= 0.6 is 0 Å². The number of aromatic nitrogens is 2. The minimum atomic E-state index is -0.397. The minimum Gasteiger partial charge on any atom is -0.348 e. The second-order valence-electron chi connectivity index (χ2n) is 3.14. The van der Waals surface area contributed by atoms with Gasteiger partial charge in [-0.3, -0.25) is 10.1 Å². The molecule has 0 bridgehead atoms. The van der Waals surface area contributed by atoms with E-state index in [1.54, 1.807) is 24.5 Å². The molecule has 0 fully saturated rings. The Labute approximate surface area is 85.9 Å². The third-order valence-electron chi connectivity index (χ3n) is 2.05. The maximum atomic E-state index is 10.5. The summed E-state index contributed by atoms with van der Waals surface area (Å²) in [7, 11) is 0. The van der Waals surface area contributed by atoms with Gasteiger partial charge in [0, 0.05) is 30.9 Å². The lowest BCUT2D eigenvalue weighted by Gasteiger charge is -1.98. The molecule has 5 heteroatoms. The van der Waals surface area contributed by atoms with E-state index in [9.17, 15) is 10.1 Å². The highest BCUT2D eigenvalue weighted by molar-refractivity contribution is 5.35. The van der Waals surface area contributed by atoms with Gasteiger partial charge < -0.3 is 4.98 Å². The highest BCUT2D eigenvalue weighted by atomic mass is 16.6. The van der Waals surface area contributed by atoms with Crippen LogP contribution in [0.4, 0.5) is 5.69 Å². The quantitative estimate of drug-likeness (QED) is 0.611. The number of nitrogens with zero attached hydrogens (tertiary/aromatic N) is 2. The van der Waals surface area contributed by atoms with Crippen molar-refractivity contribution in [2.24, 2.45) is 0 Å². The molecule has 0 saturated carbocycles. The summed E-state index contributed by atoms with van der Waals surface area (Å²) < 4.78 is 0. The average molecular weight is 203 g/mol. The summed E-state index contributed by atoms with van der Waals surface area (Å²) in [6.07, 6.45) is 3.97. The van der Waals surface area contributed by atoms with Crippen molar-refractivity contribution in [2.75, 3.05) is 0 Å². The van der Waals surface area contributed by atoms with Crippen molar-refractivity contribution in [3.8, 4) is 0 Å². The fraction of sp³-hybridized carbons (Fsp3) is 0.100. The predicted octanol–water partition coefficient (Wildman–Crippen LogP) is 1.91. The zero-order valence-corrected chi connectivity index (χ0v) is 7.88. The van der Waals surface area contributed by atoms with E-state index in [-0.39, 0.29) is 5.69 Å². The molecule has 0 aliphatic rings. The van der Waals surface area contributed by atoms with Gasteiger partial charge in [0.1, 0.15) is 5.82 Å². The largest absolute Gasteiger partial charge is 0.348 e. The second-order valence-corrected chi connectivity index (χ2v) is 3.14. The summed E-state index contributed by atoms with van der Waals surface area (Å²) in [5, 5.41) is 10.5. The third kappa shape index (κ3) is 2.19. The van der Waals surface area contributed by atoms with E-state index in [0.717, 1.165) is 11.4 Å². The molecule has 15 heavy (non-hydrogen) atoms. The molecule has 0 aliphatic carbocycles. The number of benzene rings is 1. The van der Waals surface area contributed by atoms with Crippen LogP contribution in [0.1, 0.15) is 11.4 Å². The van der Waals surface area contributed by atoms with Crippen molar-refractivity contribution in [2.45, 2.75) is 6.42 Å². The molecule has 1 N–H and O–H groups in total. The smallest absolute Gasteiger partial charge is 0.269 e. The van der Waals surface area contributed by atoms with E-state index in [1.807, 2.05) is 6.07 Å². The van der Waals surface area contributed by atoms with Crippen LogP contribution < -0.4 is 0 Å². The Morgan fingerprint density at radius 1 is 1.47 bits per heavy atom. The first-order valence-corrected chi connectivity index (χ1v) is 4.47. The number of nitro benzene ring substituents is 1. The molecule has 1 aromatic carbocycles. The molecular formula is C10H9N3O2. The number of nitro groups is 1. The molecule has 1 aromatic heterocycles. The summed E-state index contributed by atoms with van der Waals surface area (Å²) in [5.74, 6) is 0.801. The maximum Gasteiger partial charge on any atom is 0.269 e. The van der Waals surface area contributed by atoms with Gasteiger partial charge in [0.2, 0.25) is 0 Å². The van der Waals surface area contributed by atoms with Crippen LogP contribution in [0.25, 0.3) is 0 Å². The molecule has 0 atom stereocenters. The summed E-state index contributed by atoms with van der Waals surface area (Å²) >= 11 is 0. The first kappa shape index (κ1) is 9.39. The van der Waals surface area contributed by atoms with E-state index in [4.69, 9.17) is 0 Å². The Balaban J connectivity index is 2.22. The number of aromatic amines is 1. The van der Waals surface area contributed by atoms with Crippen LogP contribution in [0, 0.1) is 10.1 Å². The molecule has 0 saturated heterocycles. The lowest BCUT2D eigenvalue weighted by molar-refractivity contribution is -0.384. The van der Waals surface area contributed by atoms with Crippen molar-refractivity contribution in [1.29, 1.82) is 0 Å². The minimum absolute atomic E-state index is 0.110. The number of non-ortho nitro benzene ring substituents is 1. The van der Waals surface area contributed by atoms with Gasteiger partial charge in [-0.2, -0.15) is 0 Å². The third-order valence-corrected chi connectivity index (χ3v) is 2.05. The average Bonchev–Trinajstić information content (AvgIpc) is 2.71. The lowest BCUT2D eigenvalue weighted by atomic mass is 10.1. The molecular weight excluding hydrogens is 194 g/mol. The zero-order chi connectivity index (χ0) is 10.7. The highest BCUT2D eigenvalue weighted by Crippen LogP contribution is 2.14. The number of rotatable bonds is 3. The molecule has 76 valence electrons. The number of hydrogen-bond donors (Lipinski definition) is 1. The summed E-state index contributed by atoms with van der Waals surface area (Å²) in [4.78, 5) is 17.2. The Bertz CT molecular complexity index is 465. The highest BCUT2D eigenvalue weighted by Gasteiger charge is 2.06. The first-order chi connectivity index (χ1) is 7.25. The summed E-state index contributed by atoms with van der Waals surface area (Å²) in [6, 6.07) is 6.56. The monoisotopic (exact) mass is 203 g/mol. The number of H-pyrrole nitrogens is 1. The molecule has 0 spiro atoms. The van der Waals surface area contributed by atoms with Crippen LogP contribution in [0.2, 0.25) is 0 Å². The molecule has 0 radical (unpaired) electrons. The van der Waals surface area contributed by atoms with Crippen molar-refractivity contribution in [3.63, 3.8) is 0 Å². The molecule has 2 aromatic rings. The molecule has 0 unspecified atom stereocenters. The molecule has 0 aliphatic heterocycles. The van der Waals surface area contributed by atoms with Gasteiger partial charge in [0.05, 0.1) is 4.92 Å². The Morgan fingerprint density at radius 3 is 3.00 bits per heavy atom. The van der Waals surface area contributed by atoms with E-state index in [2.05, 4.69) is 9.97 Å². The standard InChI is InChI=1S/C10H9N3O2/c14-13(15)9-3-1-2-8(6-9)7-10-11-4-5-12-10/h1-6H,7H2,(H,11,12). The van der Waals surface area contributed by atoms with Gasteiger partial charge in [-0.05, 0) is 5.56 Å². The summed E-state index contributed by atoms with van der Waals surface area (Å²) in [5.41, 5.74) is 0.984. The summed E-state index contributed by atoms with van der Waals surface area (Å²) in [6.45, 7) is 0. The number of nitrogens with one attached hydrogen (secondary N) is 1. The second kappa shape index (κ2) is 3.91. The Kier molecular flexibility index (Phi) is 2.45. The normalized spacial score (nSPS) is 10.1. The number of hydrogen-bond acceptors (Lipinski definition) is 3. The Hall–Kier alpha value is -2.17. The zero-order valence-electron chi connectivity index (χ0n) is 7.88. The van der Waals surface area contributed by atoms with Gasteiger partial charge in [0.15, 0.2) is 0 Å². The van der Waals surface area contributed by atoms with Gasteiger partial charge in [0.25, 0.3) is 5.69 Å². The lowest BCUT2D eigenvalue weighted by Crippen LogP contribution is -1.93. The fourth-order valence-electron chi connectivity index (χ4n) is 1.37. The van der Waals surface area contributed by atoms with Crippen LogP contribution in [-0.4, -0.2) is 14.9 Å². The first-order valence-electron chi connectivity index (χ1n) is 4.47. The number of imidazole rings is 1. The van der Waals surface area contributed by atoms with Gasteiger partial charge in [-0.15, -0.1) is 0 Å². The molecule has 5 nitrogen and oxygen atoms in total. The van der Waals surface area contributed by atoms with Crippen molar-refractivity contribution in [3.05, 3.63) is 58.2 Å². The fourth-order valence-corrected chi connectivity index (χ4v) is 1.37. The maximum absolute atomic E-state index is 10.5. The topological polar surface area (TPSA) is 71.8 Å². The van der Waals surface area contributed by atoms with Crippen molar-refractivity contribution < 1.29 is 4.92 Å². The van der Waals surface area contributed by atoms with Gasteiger partial charge in [-0.25, -0.2) is 4.98 Å². The van der Waals surface area contributed by atoms with E-state index in [1.165, 1.54) is 6.07 Å². The van der Waals surface area contributed by atoms with E-state index >= 15 is 0 Å². The van der Waals surface area contributed by atoms with Gasteiger partial charge >= 0.3 is 0 Å². The van der Waals surface area contributed by atoms with Gasteiger partial charge in [-0.1, -0.05) is 12.1 Å². The predicted molar refractivity (Wildman–Crippen MR) is 54.5 cm³/mol. The van der Waals surface area contributed by atoms with Crippen molar-refractivity contribution in [1.82, 2.24) is 9.97 Å². The van der Waals surface area contributed by atoms with E-state index < -0.39 is 4.92 Å². The molecule has 1 heterocycles. The van der Waals surface area contributed by atoms with Crippen LogP contribution in [0.15, 0.2) is 36.7 Å². The SMILES string of the molecule is O=[N+]([O-])c1cccc(Cc2ncc[nH]2)c1. The van der Waals surface area contributed by atoms with E-state index in [0.29, 0.717) is 6.42 Å². The van der Waals surface area contributed by atoms with Crippen molar-refractivity contribution >= 4 is 5.69 Å². The van der Waals surface area contributed by atoms with Crippen LogP contribution in [0.3, 0.4) is 0 Å². The molecule has 2 rings (SSSR count). The van der Waals surface area contributed by atoms with Crippen LogP contribution in [0.5, 0.6) is 0 Å². The molecule has 0 amide bonds.